The second kappa shape index (κ2) is 5.50. The Bertz CT molecular complexity index is 403. The van der Waals surface area contributed by atoms with Gasteiger partial charge >= 0.3 is 13.1 Å². The fraction of sp³-hybridized carbons (Fsp3) is 0.786. The van der Waals surface area contributed by atoms with Crippen LogP contribution in [0.5, 0.6) is 0 Å². The number of nitrogens with zero attached hydrogens (tertiary/aromatic N) is 1. The van der Waals surface area contributed by atoms with Crippen molar-refractivity contribution in [1.82, 2.24) is 4.90 Å². The predicted molar refractivity (Wildman–Crippen MR) is 77.5 cm³/mol. The summed E-state index contributed by atoms with van der Waals surface area (Å²) in [5.74, 6) is -0.745. The van der Waals surface area contributed by atoms with Crippen LogP contribution in [0.1, 0.15) is 40.5 Å². The average molecular weight is 281 g/mol. The Balaban J connectivity index is 1.92. The maximum absolute atomic E-state index is 10.6. The van der Waals surface area contributed by atoms with Crippen LogP contribution in [0.25, 0.3) is 0 Å². The van der Waals surface area contributed by atoms with Crippen molar-refractivity contribution in [3.63, 3.8) is 0 Å². The van der Waals surface area contributed by atoms with Crippen molar-refractivity contribution >= 4 is 13.1 Å². The minimum Gasteiger partial charge on any atom is -0.481 e. The molecule has 0 bridgehead atoms. The molecular formula is C14H24BNO4. The van der Waals surface area contributed by atoms with Crippen LogP contribution in [0.15, 0.2) is 11.5 Å². The fourth-order valence-corrected chi connectivity index (χ4v) is 2.39. The van der Waals surface area contributed by atoms with Gasteiger partial charge in [-0.05, 0) is 39.6 Å². The molecular weight excluding hydrogens is 257 g/mol. The Hall–Kier alpha value is -0.845. The largest absolute Gasteiger partial charge is 0.490 e. The molecule has 0 aromatic rings. The zero-order valence-electron chi connectivity index (χ0n) is 12.8. The van der Waals surface area contributed by atoms with E-state index in [1.54, 1.807) is 0 Å². The van der Waals surface area contributed by atoms with Crippen LogP contribution < -0.4 is 0 Å². The van der Waals surface area contributed by atoms with Crippen LogP contribution in [0.3, 0.4) is 0 Å². The molecule has 2 heterocycles. The van der Waals surface area contributed by atoms with Crippen molar-refractivity contribution in [2.75, 3.05) is 19.6 Å². The third-order valence-electron chi connectivity index (χ3n) is 4.53. The molecule has 0 aliphatic carbocycles. The summed E-state index contributed by atoms with van der Waals surface area (Å²) < 4.78 is 12.1. The van der Waals surface area contributed by atoms with Crippen molar-refractivity contribution in [1.29, 1.82) is 0 Å². The molecule has 1 saturated heterocycles. The zero-order chi connectivity index (χ0) is 15.0. The lowest BCUT2D eigenvalue weighted by atomic mass is 9.75. The molecule has 1 N–H and O–H groups in total. The van der Waals surface area contributed by atoms with Crippen molar-refractivity contribution in [3.8, 4) is 0 Å². The third-order valence-corrected chi connectivity index (χ3v) is 4.53. The maximum Gasteiger partial charge on any atom is 0.490 e. The summed E-state index contributed by atoms with van der Waals surface area (Å²) in [7, 11) is -0.262. The Morgan fingerprint density at radius 2 is 1.95 bits per heavy atom. The van der Waals surface area contributed by atoms with Crippen LogP contribution in [-0.2, 0) is 14.1 Å². The van der Waals surface area contributed by atoms with Gasteiger partial charge in [0.2, 0.25) is 0 Å². The molecule has 0 aromatic carbocycles. The van der Waals surface area contributed by atoms with E-state index in [1.807, 2.05) is 0 Å². The van der Waals surface area contributed by atoms with Crippen molar-refractivity contribution < 1.29 is 19.2 Å². The van der Waals surface area contributed by atoms with E-state index in [0.717, 1.165) is 19.5 Å². The molecule has 2 aliphatic rings. The van der Waals surface area contributed by atoms with Gasteiger partial charge in [0.15, 0.2) is 0 Å². The third kappa shape index (κ3) is 3.24. The summed E-state index contributed by atoms with van der Waals surface area (Å²) in [6.07, 6.45) is 3.18. The molecule has 112 valence electrons. The minimum atomic E-state index is -0.745. The van der Waals surface area contributed by atoms with E-state index in [4.69, 9.17) is 14.4 Å². The predicted octanol–water partition coefficient (Wildman–Crippen LogP) is 1.72. The highest BCUT2D eigenvalue weighted by Gasteiger charge is 2.52. The van der Waals surface area contributed by atoms with Crippen LogP contribution in [-0.4, -0.2) is 53.9 Å². The van der Waals surface area contributed by atoms with Crippen molar-refractivity contribution in [2.45, 2.75) is 51.7 Å². The lowest BCUT2D eigenvalue weighted by Crippen LogP contribution is -2.41. The van der Waals surface area contributed by atoms with Gasteiger partial charge in [-0.15, -0.1) is 0 Å². The first-order chi connectivity index (χ1) is 9.21. The van der Waals surface area contributed by atoms with Crippen LogP contribution >= 0.6 is 0 Å². The topological polar surface area (TPSA) is 59.0 Å². The van der Waals surface area contributed by atoms with E-state index in [0.29, 0.717) is 6.54 Å². The Morgan fingerprint density at radius 1 is 1.35 bits per heavy atom. The number of aliphatic carboxylic acids is 1. The number of hydrogen-bond donors (Lipinski definition) is 1. The van der Waals surface area contributed by atoms with Gasteiger partial charge in [0.1, 0.15) is 0 Å². The number of carboxylic acids is 1. The maximum atomic E-state index is 10.6. The van der Waals surface area contributed by atoms with Gasteiger partial charge in [-0.3, -0.25) is 9.69 Å². The smallest absolute Gasteiger partial charge is 0.481 e. The molecule has 0 saturated carbocycles. The molecule has 0 atom stereocenters. The van der Waals surface area contributed by atoms with Crippen LogP contribution in [0, 0.1) is 0 Å². The molecule has 2 rings (SSSR count). The molecule has 5 nitrogen and oxygen atoms in total. The molecule has 0 spiro atoms. The first-order valence-corrected chi connectivity index (χ1v) is 7.20. The first kappa shape index (κ1) is 15.5. The summed E-state index contributed by atoms with van der Waals surface area (Å²) >= 11 is 0. The second-order valence-electron chi connectivity index (χ2n) is 6.56. The minimum absolute atomic E-state index is 0.194. The quantitative estimate of drug-likeness (QED) is 0.795. The summed E-state index contributed by atoms with van der Waals surface area (Å²) in [6, 6.07) is 0. The van der Waals surface area contributed by atoms with Crippen LogP contribution in [0.2, 0.25) is 0 Å². The van der Waals surface area contributed by atoms with Gasteiger partial charge in [0.05, 0.1) is 17.6 Å². The highest BCUT2D eigenvalue weighted by molar-refractivity contribution is 6.54. The standard InChI is InChI=1S/C14H24BNO4/c1-13(2)14(3,4)20-15(19-13)11-5-8-16(9-6-11)10-7-12(17)18/h5H,6-10H2,1-4H3,(H,17,18). The highest BCUT2D eigenvalue weighted by atomic mass is 16.7. The monoisotopic (exact) mass is 281 g/mol. The Kier molecular flexibility index (Phi) is 4.28. The van der Waals surface area contributed by atoms with E-state index in [2.05, 4.69) is 38.7 Å². The molecule has 1 fully saturated rings. The zero-order valence-corrected chi connectivity index (χ0v) is 12.8. The lowest BCUT2D eigenvalue weighted by molar-refractivity contribution is -0.137. The number of hydrogen-bond acceptors (Lipinski definition) is 4. The van der Waals surface area contributed by atoms with Gasteiger partial charge in [-0.25, -0.2) is 0 Å². The lowest BCUT2D eigenvalue weighted by Gasteiger charge is -2.32. The Labute approximate surface area is 121 Å². The fourth-order valence-electron chi connectivity index (χ4n) is 2.39. The van der Waals surface area contributed by atoms with Crippen molar-refractivity contribution in [2.24, 2.45) is 0 Å². The summed E-state index contributed by atoms with van der Waals surface area (Å²) in [6.45, 7) is 10.4. The van der Waals surface area contributed by atoms with Crippen LogP contribution in [0.4, 0.5) is 0 Å². The molecule has 20 heavy (non-hydrogen) atoms. The summed E-state index contributed by atoms with van der Waals surface area (Å²) in [5.41, 5.74) is 0.563. The van der Waals surface area contributed by atoms with E-state index >= 15 is 0 Å². The average Bonchev–Trinajstić information content (AvgIpc) is 2.56. The van der Waals surface area contributed by atoms with Gasteiger partial charge in [0.25, 0.3) is 0 Å². The molecule has 0 amide bonds. The van der Waals surface area contributed by atoms with Gasteiger partial charge in [0, 0.05) is 19.6 Å². The van der Waals surface area contributed by atoms with E-state index < -0.39 is 5.97 Å². The van der Waals surface area contributed by atoms with Gasteiger partial charge < -0.3 is 14.4 Å². The second-order valence-corrected chi connectivity index (χ2v) is 6.56. The Morgan fingerprint density at radius 3 is 2.40 bits per heavy atom. The van der Waals surface area contributed by atoms with Gasteiger partial charge in [-0.2, -0.15) is 0 Å². The van der Waals surface area contributed by atoms with E-state index in [9.17, 15) is 4.79 Å². The summed E-state index contributed by atoms with van der Waals surface area (Å²) in [5, 5.41) is 8.70. The molecule has 0 unspecified atom stereocenters. The molecule has 2 aliphatic heterocycles. The SMILES string of the molecule is CC1(C)OB(C2=CCN(CCC(=O)O)CC2)OC1(C)C. The highest BCUT2D eigenvalue weighted by Crippen LogP contribution is 2.39. The number of rotatable bonds is 4. The number of carboxylic acid groups (broad SMARTS) is 1. The normalized spacial score (nSPS) is 25.6. The molecule has 0 aromatic heterocycles. The molecule has 0 radical (unpaired) electrons. The first-order valence-electron chi connectivity index (χ1n) is 7.20. The number of carbonyl (C=O) groups is 1. The van der Waals surface area contributed by atoms with E-state index in [-0.39, 0.29) is 24.7 Å². The van der Waals surface area contributed by atoms with Crippen molar-refractivity contribution in [3.05, 3.63) is 11.5 Å². The van der Waals surface area contributed by atoms with Gasteiger partial charge in [-0.1, -0.05) is 6.08 Å². The molecule has 6 heteroatoms. The van der Waals surface area contributed by atoms with E-state index in [1.165, 1.54) is 5.47 Å². The summed E-state index contributed by atoms with van der Waals surface area (Å²) in [4.78, 5) is 12.7.